The maximum absolute atomic E-state index is 6.36. The van der Waals surface area contributed by atoms with Crippen molar-refractivity contribution in [3.05, 3.63) is 121 Å². The highest BCUT2D eigenvalue weighted by molar-refractivity contribution is 5.96. The van der Waals surface area contributed by atoms with Crippen LogP contribution in [0, 0.1) is 0 Å². The molecule has 6 aromatic rings. The topological polar surface area (TPSA) is 96.5 Å². The number of hydrogen-bond donors (Lipinski definition) is 2. The van der Waals surface area contributed by atoms with Gasteiger partial charge in [0.25, 0.3) is 0 Å². The number of nitrogens with zero attached hydrogens (tertiary/aromatic N) is 3. The number of pyridine rings is 1. The second-order valence-electron chi connectivity index (χ2n) is 9.06. The van der Waals surface area contributed by atoms with Crippen LogP contribution >= 0.6 is 0 Å². The van der Waals surface area contributed by atoms with E-state index < -0.39 is 0 Å². The van der Waals surface area contributed by atoms with Crippen LogP contribution in [0.1, 0.15) is 5.56 Å². The Balaban J connectivity index is 1.34. The molecule has 0 aliphatic carbocycles. The molecule has 0 fully saturated rings. The first-order valence-corrected chi connectivity index (χ1v) is 12.8. The molecule has 8 heteroatoms. The fourth-order valence-corrected chi connectivity index (χ4v) is 4.32. The molecule has 0 spiro atoms. The molecule has 0 unspecified atom stereocenters. The molecule has 0 bridgehead atoms. The first kappa shape index (κ1) is 24.8. The number of aromatic nitrogens is 3. The van der Waals surface area contributed by atoms with Gasteiger partial charge in [-0.05, 0) is 66.2 Å². The highest BCUT2D eigenvalue weighted by atomic mass is 16.5. The number of rotatable bonds is 9. The normalized spacial score (nSPS) is 10.8. The molecule has 3 N–H and O–H groups in total. The van der Waals surface area contributed by atoms with Crippen LogP contribution in [-0.2, 0) is 6.54 Å². The van der Waals surface area contributed by atoms with Gasteiger partial charge in [-0.2, -0.15) is 5.10 Å². The molecule has 0 aliphatic heterocycles. The summed E-state index contributed by atoms with van der Waals surface area (Å²) in [6.45, 7) is 0.508. The van der Waals surface area contributed by atoms with Crippen molar-refractivity contribution in [2.75, 3.05) is 18.2 Å². The molecule has 198 valence electrons. The Kier molecular flexibility index (Phi) is 6.88. The Morgan fingerprint density at radius 1 is 0.725 bits per heavy atom. The average Bonchev–Trinajstić information content (AvgIpc) is 3.34. The molecule has 0 saturated heterocycles. The van der Waals surface area contributed by atoms with Crippen molar-refractivity contribution in [1.29, 1.82) is 0 Å². The Labute approximate surface area is 231 Å². The summed E-state index contributed by atoms with van der Waals surface area (Å²) in [5.41, 5.74) is 9.32. The molecule has 0 saturated carbocycles. The van der Waals surface area contributed by atoms with Crippen LogP contribution in [-0.4, -0.2) is 21.9 Å². The lowest BCUT2D eigenvalue weighted by molar-refractivity contribution is 0.414. The first-order valence-electron chi connectivity index (χ1n) is 12.8. The second-order valence-corrected chi connectivity index (χ2v) is 9.06. The van der Waals surface area contributed by atoms with Gasteiger partial charge < -0.3 is 25.3 Å². The minimum absolute atomic E-state index is 0.508. The lowest BCUT2D eigenvalue weighted by Crippen LogP contribution is -2.03. The van der Waals surface area contributed by atoms with E-state index in [1.165, 1.54) is 0 Å². The van der Waals surface area contributed by atoms with Gasteiger partial charge >= 0.3 is 0 Å². The summed E-state index contributed by atoms with van der Waals surface area (Å²) in [5.74, 6) is 4.14. The van der Waals surface area contributed by atoms with Crippen molar-refractivity contribution in [1.82, 2.24) is 14.8 Å². The van der Waals surface area contributed by atoms with Crippen LogP contribution in [0.2, 0.25) is 0 Å². The standard InChI is InChI=1S/C32H27N5O3/c1-38-23-13-11-22(12-14-23)21-37-32-30(31(36-37)35-28-10-6-5-9-27(28)33)29(19-20-34-32)40-26-17-15-25(16-18-26)39-24-7-3-2-4-8-24/h2-20H,21,33H2,1H3,(H,35,36). The number of benzene rings is 4. The van der Waals surface area contributed by atoms with Crippen LogP contribution in [0.5, 0.6) is 28.7 Å². The van der Waals surface area contributed by atoms with Gasteiger partial charge in [0.05, 0.1) is 25.0 Å². The number of fused-ring (bicyclic) bond motifs is 1. The number of nitrogen functional groups attached to an aromatic ring is 1. The maximum Gasteiger partial charge on any atom is 0.165 e. The van der Waals surface area contributed by atoms with E-state index in [1.54, 1.807) is 13.3 Å². The van der Waals surface area contributed by atoms with E-state index in [-0.39, 0.29) is 0 Å². The van der Waals surface area contributed by atoms with Crippen molar-refractivity contribution >= 4 is 28.2 Å². The highest BCUT2D eigenvalue weighted by Gasteiger charge is 2.19. The van der Waals surface area contributed by atoms with Gasteiger partial charge in [-0.3, -0.25) is 0 Å². The van der Waals surface area contributed by atoms with Gasteiger partial charge in [0, 0.05) is 12.3 Å². The van der Waals surface area contributed by atoms with Gasteiger partial charge in [0.1, 0.15) is 34.1 Å². The van der Waals surface area contributed by atoms with Crippen molar-refractivity contribution < 1.29 is 14.2 Å². The molecule has 0 radical (unpaired) electrons. The fourth-order valence-electron chi connectivity index (χ4n) is 4.32. The van der Waals surface area contributed by atoms with Gasteiger partial charge in [0.2, 0.25) is 0 Å². The molecule has 0 atom stereocenters. The van der Waals surface area contributed by atoms with E-state index in [9.17, 15) is 0 Å². The van der Waals surface area contributed by atoms with Gasteiger partial charge in [-0.25, -0.2) is 9.67 Å². The van der Waals surface area contributed by atoms with Crippen molar-refractivity contribution in [2.45, 2.75) is 6.54 Å². The predicted octanol–water partition coefficient (Wildman–Crippen LogP) is 7.40. The maximum atomic E-state index is 6.36. The number of anilines is 3. The van der Waals surface area contributed by atoms with Gasteiger partial charge in [0.15, 0.2) is 11.5 Å². The van der Waals surface area contributed by atoms with Crippen molar-refractivity contribution in [3.8, 4) is 28.7 Å². The first-order chi connectivity index (χ1) is 19.7. The summed E-state index contributed by atoms with van der Waals surface area (Å²) in [6.07, 6.45) is 1.72. The van der Waals surface area contributed by atoms with Crippen LogP contribution in [0.4, 0.5) is 17.2 Å². The number of hydrogen-bond acceptors (Lipinski definition) is 7. The fraction of sp³-hybridized carbons (Fsp3) is 0.0625. The quantitative estimate of drug-likeness (QED) is 0.188. The molecule has 40 heavy (non-hydrogen) atoms. The molecular formula is C32H27N5O3. The molecule has 4 aromatic carbocycles. The SMILES string of the molecule is COc1ccc(Cn2nc(Nc3ccccc3N)c3c(Oc4ccc(Oc5ccccc5)cc4)ccnc32)cc1. The van der Waals surface area contributed by atoms with Crippen LogP contribution < -0.4 is 25.3 Å². The molecular weight excluding hydrogens is 502 g/mol. The smallest absolute Gasteiger partial charge is 0.165 e. The van der Waals surface area contributed by atoms with E-state index in [2.05, 4.69) is 10.3 Å². The molecule has 2 heterocycles. The number of methoxy groups -OCH3 is 1. The number of nitrogens with two attached hydrogens (primary N) is 1. The molecule has 0 amide bonds. The number of ether oxygens (including phenoxy) is 3. The summed E-state index contributed by atoms with van der Waals surface area (Å²) >= 11 is 0. The summed E-state index contributed by atoms with van der Waals surface area (Å²) < 4.78 is 19.4. The Bertz CT molecular complexity index is 1730. The highest BCUT2D eigenvalue weighted by Crippen LogP contribution is 2.37. The molecule has 2 aromatic heterocycles. The number of nitrogens with one attached hydrogen (secondary N) is 1. The largest absolute Gasteiger partial charge is 0.497 e. The van der Waals surface area contributed by atoms with E-state index in [0.29, 0.717) is 40.9 Å². The predicted molar refractivity (Wildman–Crippen MR) is 157 cm³/mol. The Hall–Kier alpha value is -5.50. The molecule has 0 aliphatic rings. The van der Waals surface area contributed by atoms with Crippen LogP contribution in [0.15, 0.2) is 115 Å². The Morgan fingerprint density at radius 3 is 2.10 bits per heavy atom. The summed E-state index contributed by atoms with van der Waals surface area (Å²) in [4.78, 5) is 4.66. The molecule has 8 nitrogen and oxygen atoms in total. The minimum Gasteiger partial charge on any atom is -0.497 e. The van der Waals surface area contributed by atoms with Gasteiger partial charge in [-0.15, -0.1) is 0 Å². The van der Waals surface area contributed by atoms with E-state index in [0.717, 1.165) is 28.1 Å². The zero-order valence-corrected chi connectivity index (χ0v) is 21.8. The van der Waals surface area contributed by atoms with E-state index in [1.807, 2.05) is 114 Å². The lowest BCUT2D eigenvalue weighted by Gasteiger charge is -2.11. The monoisotopic (exact) mass is 529 g/mol. The third kappa shape index (κ3) is 5.37. The molecule has 6 rings (SSSR count). The third-order valence-corrected chi connectivity index (χ3v) is 6.33. The zero-order chi connectivity index (χ0) is 27.3. The summed E-state index contributed by atoms with van der Waals surface area (Å²) in [6, 6.07) is 34.4. The van der Waals surface area contributed by atoms with E-state index in [4.69, 9.17) is 25.0 Å². The van der Waals surface area contributed by atoms with Crippen molar-refractivity contribution in [3.63, 3.8) is 0 Å². The lowest BCUT2D eigenvalue weighted by atomic mass is 10.2. The summed E-state index contributed by atoms with van der Waals surface area (Å²) in [7, 11) is 1.65. The number of para-hydroxylation sites is 3. The Morgan fingerprint density at radius 2 is 1.38 bits per heavy atom. The van der Waals surface area contributed by atoms with E-state index >= 15 is 0 Å². The minimum atomic E-state index is 0.508. The second kappa shape index (κ2) is 11.1. The van der Waals surface area contributed by atoms with Gasteiger partial charge in [-0.1, -0.05) is 42.5 Å². The average molecular weight is 530 g/mol. The zero-order valence-electron chi connectivity index (χ0n) is 21.8. The van der Waals surface area contributed by atoms with Crippen LogP contribution in [0.3, 0.4) is 0 Å². The third-order valence-electron chi connectivity index (χ3n) is 6.33. The van der Waals surface area contributed by atoms with Crippen LogP contribution in [0.25, 0.3) is 11.0 Å². The van der Waals surface area contributed by atoms with Crippen molar-refractivity contribution in [2.24, 2.45) is 0 Å². The summed E-state index contributed by atoms with van der Waals surface area (Å²) in [5, 5.41) is 9.01.